The lowest BCUT2D eigenvalue weighted by Gasteiger charge is -2.04. The van der Waals surface area contributed by atoms with E-state index in [0.717, 1.165) is 12.2 Å². The molecule has 0 spiro atoms. The molecule has 6 nitrogen and oxygen atoms in total. The van der Waals surface area contributed by atoms with Gasteiger partial charge in [-0.05, 0) is 6.42 Å². The Morgan fingerprint density at radius 3 is 2.94 bits per heavy atom. The fourth-order valence-corrected chi connectivity index (χ4v) is 2.02. The van der Waals surface area contributed by atoms with Crippen LogP contribution in [0.2, 0.25) is 0 Å². The number of thioether (sulfide) groups is 1. The van der Waals surface area contributed by atoms with Crippen LogP contribution in [0.25, 0.3) is 0 Å². The topological polar surface area (TPSA) is 77.3 Å². The number of nitro groups is 1. The molecule has 0 amide bonds. The number of hydrogen-bond donors (Lipinski definition) is 1. The molecule has 17 heavy (non-hydrogen) atoms. The van der Waals surface area contributed by atoms with Crippen molar-refractivity contribution in [3.8, 4) is 0 Å². The zero-order chi connectivity index (χ0) is 12.7. The van der Waals surface area contributed by atoms with E-state index >= 15 is 0 Å². The van der Waals surface area contributed by atoms with Gasteiger partial charge in [0.05, 0.1) is 11.0 Å². The van der Waals surface area contributed by atoms with Crippen LogP contribution in [0.5, 0.6) is 0 Å². The average Bonchev–Trinajstić information content (AvgIpc) is 2.34. The maximum absolute atomic E-state index is 10.7. The molecule has 1 N–H and O–H groups in total. The van der Waals surface area contributed by atoms with E-state index in [2.05, 4.69) is 10.3 Å². The Labute approximate surface area is 104 Å². The first-order chi connectivity index (χ1) is 8.17. The second kappa shape index (κ2) is 7.08. The smallest absolute Gasteiger partial charge is 0.275 e. The van der Waals surface area contributed by atoms with Crippen LogP contribution in [0.4, 0.5) is 11.5 Å². The average molecular weight is 257 g/mol. The van der Waals surface area contributed by atoms with E-state index in [0.29, 0.717) is 17.5 Å². The second-order valence-corrected chi connectivity index (χ2v) is 4.37. The first kappa shape index (κ1) is 13.7. The third kappa shape index (κ3) is 4.58. The summed E-state index contributed by atoms with van der Waals surface area (Å²) in [6, 6.07) is 2.90. The van der Waals surface area contributed by atoms with Gasteiger partial charge in [-0.2, -0.15) is 0 Å². The molecule has 0 saturated heterocycles. The van der Waals surface area contributed by atoms with Gasteiger partial charge >= 0.3 is 0 Å². The highest BCUT2D eigenvalue weighted by Gasteiger charge is 2.10. The Bertz CT molecular complexity index is 387. The van der Waals surface area contributed by atoms with Crippen LogP contribution < -0.4 is 5.32 Å². The van der Waals surface area contributed by atoms with E-state index < -0.39 is 4.92 Å². The molecule has 0 aliphatic heterocycles. The van der Waals surface area contributed by atoms with Crippen molar-refractivity contribution in [1.82, 2.24) is 4.98 Å². The monoisotopic (exact) mass is 257 g/mol. The van der Waals surface area contributed by atoms with Crippen LogP contribution in [-0.2, 0) is 4.74 Å². The highest BCUT2D eigenvalue weighted by molar-refractivity contribution is 7.99. The number of pyridine rings is 1. The van der Waals surface area contributed by atoms with Crippen LogP contribution in [0.3, 0.4) is 0 Å². The zero-order valence-electron chi connectivity index (χ0n) is 9.80. The molecule has 7 heteroatoms. The summed E-state index contributed by atoms with van der Waals surface area (Å²) in [5, 5.41) is 14.2. The largest absolute Gasteiger partial charge is 0.385 e. The van der Waals surface area contributed by atoms with Crippen molar-refractivity contribution in [3.63, 3.8) is 0 Å². The van der Waals surface area contributed by atoms with Crippen molar-refractivity contribution < 1.29 is 9.66 Å². The lowest BCUT2D eigenvalue weighted by Crippen LogP contribution is -1.97. The summed E-state index contributed by atoms with van der Waals surface area (Å²) in [7, 11) is 3.33. The quantitative estimate of drug-likeness (QED) is 0.349. The molecule has 0 aromatic carbocycles. The zero-order valence-corrected chi connectivity index (χ0v) is 10.6. The van der Waals surface area contributed by atoms with E-state index in [1.165, 1.54) is 23.9 Å². The molecule has 0 atom stereocenters. The summed E-state index contributed by atoms with van der Waals surface area (Å²) in [6.07, 6.45) is 0.889. The van der Waals surface area contributed by atoms with Gasteiger partial charge in [0.15, 0.2) is 0 Å². The second-order valence-electron chi connectivity index (χ2n) is 3.25. The first-order valence-electron chi connectivity index (χ1n) is 5.13. The minimum Gasteiger partial charge on any atom is -0.385 e. The Kier molecular flexibility index (Phi) is 5.71. The molecule has 1 aromatic rings. The molecular formula is C10H15N3O3S. The summed E-state index contributed by atoms with van der Waals surface area (Å²) in [5.74, 6) is 1.33. The maximum Gasteiger partial charge on any atom is 0.275 e. The number of nitrogens with zero attached hydrogens (tertiary/aromatic N) is 2. The molecule has 0 aliphatic rings. The standard InChI is InChI=1S/C10H15N3O3S/c1-11-9-6-8(13(14)15)7-10(12-9)17-5-3-4-16-2/h6-7H,3-5H2,1-2H3,(H,11,12). The van der Waals surface area contributed by atoms with Crippen molar-refractivity contribution >= 4 is 23.3 Å². The van der Waals surface area contributed by atoms with Crippen LogP contribution in [-0.4, -0.2) is 36.4 Å². The molecule has 0 radical (unpaired) electrons. The van der Waals surface area contributed by atoms with E-state index in [1.54, 1.807) is 14.2 Å². The van der Waals surface area contributed by atoms with E-state index in [-0.39, 0.29) is 5.69 Å². The van der Waals surface area contributed by atoms with E-state index in [9.17, 15) is 10.1 Å². The fraction of sp³-hybridized carbons (Fsp3) is 0.500. The Balaban J connectivity index is 2.70. The fourth-order valence-electron chi connectivity index (χ4n) is 1.18. The van der Waals surface area contributed by atoms with Crippen LogP contribution in [0, 0.1) is 10.1 Å². The lowest BCUT2D eigenvalue weighted by molar-refractivity contribution is -0.385. The minimum atomic E-state index is -0.415. The van der Waals surface area contributed by atoms with Gasteiger partial charge in [0.25, 0.3) is 5.69 Å². The highest BCUT2D eigenvalue weighted by Crippen LogP contribution is 2.24. The molecule has 1 rings (SSSR count). The normalized spacial score (nSPS) is 10.2. The number of aromatic nitrogens is 1. The van der Waals surface area contributed by atoms with Gasteiger partial charge in [-0.15, -0.1) is 11.8 Å². The maximum atomic E-state index is 10.7. The number of hydrogen-bond acceptors (Lipinski definition) is 6. The van der Waals surface area contributed by atoms with Crippen molar-refractivity contribution in [2.45, 2.75) is 11.4 Å². The molecular weight excluding hydrogens is 242 g/mol. The summed E-state index contributed by atoms with van der Waals surface area (Å²) in [5.41, 5.74) is 0.0543. The number of ether oxygens (including phenoxy) is 1. The van der Waals surface area contributed by atoms with Crippen LogP contribution >= 0.6 is 11.8 Å². The lowest BCUT2D eigenvalue weighted by atomic mass is 10.4. The Morgan fingerprint density at radius 1 is 1.59 bits per heavy atom. The molecule has 0 aliphatic carbocycles. The Morgan fingerprint density at radius 2 is 2.35 bits per heavy atom. The van der Waals surface area contributed by atoms with Crippen molar-refractivity contribution in [2.24, 2.45) is 0 Å². The van der Waals surface area contributed by atoms with Crippen molar-refractivity contribution in [3.05, 3.63) is 22.2 Å². The molecule has 0 unspecified atom stereocenters. The van der Waals surface area contributed by atoms with Crippen molar-refractivity contribution in [1.29, 1.82) is 0 Å². The number of rotatable bonds is 7. The van der Waals surface area contributed by atoms with Gasteiger partial charge in [-0.1, -0.05) is 0 Å². The SMILES string of the molecule is CNc1cc([N+](=O)[O-])cc(SCCCOC)n1. The minimum absolute atomic E-state index is 0.0543. The van der Waals surface area contributed by atoms with Crippen LogP contribution in [0.15, 0.2) is 17.2 Å². The first-order valence-corrected chi connectivity index (χ1v) is 6.12. The number of methoxy groups -OCH3 is 1. The van der Waals surface area contributed by atoms with Gasteiger partial charge in [0.1, 0.15) is 10.8 Å². The van der Waals surface area contributed by atoms with Gasteiger partial charge in [0.2, 0.25) is 0 Å². The van der Waals surface area contributed by atoms with E-state index in [1.807, 2.05) is 0 Å². The van der Waals surface area contributed by atoms with Gasteiger partial charge < -0.3 is 10.1 Å². The third-order valence-corrected chi connectivity index (χ3v) is 2.99. The summed E-state index contributed by atoms with van der Waals surface area (Å²) >= 11 is 1.49. The number of nitrogens with one attached hydrogen (secondary N) is 1. The highest BCUT2D eigenvalue weighted by atomic mass is 32.2. The predicted octanol–water partition coefficient (Wildman–Crippen LogP) is 2.16. The summed E-state index contributed by atoms with van der Waals surface area (Å²) in [6.45, 7) is 0.681. The van der Waals surface area contributed by atoms with Crippen molar-refractivity contribution in [2.75, 3.05) is 31.8 Å². The molecule has 1 heterocycles. The summed E-state index contributed by atoms with van der Waals surface area (Å²) < 4.78 is 4.93. The Hall–Kier alpha value is -1.34. The van der Waals surface area contributed by atoms with Crippen LogP contribution in [0.1, 0.15) is 6.42 Å². The van der Waals surface area contributed by atoms with Gasteiger partial charge in [-0.25, -0.2) is 4.98 Å². The van der Waals surface area contributed by atoms with E-state index in [4.69, 9.17) is 4.74 Å². The summed E-state index contributed by atoms with van der Waals surface area (Å²) in [4.78, 5) is 14.5. The third-order valence-electron chi connectivity index (χ3n) is 2.00. The van der Waals surface area contributed by atoms with Gasteiger partial charge in [-0.3, -0.25) is 10.1 Å². The molecule has 0 bridgehead atoms. The molecule has 94 valence electrons. The molecule has 0 fully saturated rings. The van der Waals surface area contributed by atoms with Gasteiger partial charge in [0, 0.05) is 32.6 Å². The predicted molar refractivity (Wildman–Crippen MR) is 67.7 cm³/mol. The molecule has 0 saturated carbocycles. The number of anilines is 1. The molecule has 1 aromatic heterocycles.